The van der Waals surface area contributed by atoms with Gasteiger partial charge >= 0.3 is 12.1 Å². The smallest absolute Gasteiger partial charge is 0.417 e. The van der Waals surface area contributed by atoms with Crippen LogP contribution in [-0.4, -0.2) is 52.1 Å². The monoisotopic (exact) mass is 432 g/mol. The molecule has 31 heavy (non-hydrogen) atoms. The maximum Gasteiger partial charge on any atom is 0.417 e. The Kier molecular flexibility index (Phi) is 5.62. The molecule has 2 aromatic heterocycles. The first-order valence-corrected chi connectivity index (χ1v) is 10.1. The molecule has 2 N–H and O–H groups in total. The molecule has 3 heterocycles. The fourth-order valence-corrected chi connectivity index (χ4v) is 4.13. The molecule has 1 aliphatic rings. The Balaban J connectivity index is 1.55. The van der Waals surface area contributed by atoms with Crippen LogP contribution in [-0.2, 0) is 11.0 Å². The largest absolute Gasteiger partial charge is 0.480 e. The zero-order chi connectivity index (χ0) is 22.2. The van der Waals surface area contributed by atoms with E-state index in [-0.39, 0.29) is 0 Å². The Labute approximate surface area is 177 Å². The number of hydrogen-bond donors (Lipinski definition) is 2. The molecule has 3 aromatic rings. The molecule has 0 amide bonds. The molecule has 6 nitrogen and oxygen atoms in total. The Morgan fingerprint density at radius 2 is 1.97 bits per heavy atom. The normalized spacial score (nSPS) is 17.0. The van der Waals surface area contributed by atoms with Gasteiger partial charge in [-0.05, 0) is 37.6 Å². The third-order valence-corrected chi connectivity index (χ3v) is 5.69. The molecule has 0 aliphatic carbocycles. The molecule has 0 spiro atoms. The van der Waals surface area contributed by atoms with Gasteiger partial charge in [-0.1, -0.05) is 11.6 Å². The summed E-state index contributed by atoms with van der Waals surface area (Å²) in [5.41, 5.74) is 1.87. The van der Waals surface area contributed by atoms with E-state index in [1.807, 2.05) is 34.9 Å². The van der Waals surface area contributed by atoms with E-state index in [9.17, 15) is 23.1 Å². The van der Waals surface area contributed by atoms with Crippen LogP contribution in [0.2, 0.25) is 0 Å². The van der Waals surface area contributed by atoms with Gasteiger partial charge in [0.05, 0.1) is 5.56 Å². The number of rotatable bonds is 4. The Hall–Kier alpha value is -3.07. The van der Waals surface area contributed by atoms with Crippen molar-refractivity contribution >= 4 is 22.7 Å². The van der Waals surface area contributed by atoms with Crippen molar-refractivity contribution in [1.29, 1.82) is 0 Å². The number of carboxylic acids is 1. The van der Waals surface area contributed by atoms with Crippen molar-refractivity contribution in [2.24, 2.45) is 0 Å². The maximum absolute atomic E-state index is 12.8. The third-order valence-electron chi connectivity index (χ3n) is 5.69. The van der Waals surface area contributed by atoms with Gasteiger partial charge < -0.3 is 15.0 Å². The highest BCUT2D eigenvalue weighted by atomic mass is 19.4. The van der Waals surface area contributed by atoms with Crippen molar-refractivity contribution in [3.05, 3.63) is 59.4 Å². The molecular formula is C22H23F3N4O2. The number of anilines is 1. The fourth-order valence-electron chi connectivity index (χ4n) is 4.13. The summed E-state index contributed by atoms with van der Waals surface area (Å²) in [5, 5.41) is 10.9. The quantitative estimate of drug-likeness (QED) is 0.646. The summed E-state index contributed by atoms with van der Waals surface area (Å²) in [6, 6.07) is 7.48. The SMILES string of the molecule is Cc1ccc2[nH]cc([C@H](C(=O)O)N3CCCN(c4ccc(C(F)(F)F)cn4)CC3)c2c1. The first-order valence-electron chi connectivity index (χ1n) is 10.1. The van der Waals surface area contributed by atoms with Crippen molar-refractivity contribution < 1.29 is 23.1 Å². The molecule has 0 radical (unpaired) electrons. The van der Waals surface area contributed by atoms with Crippen LogP contribution in [0.4, 0.5) is 19.0 Å². The summed E-state index contributed by atoms with van der Waals surface area (Å²) in [5.74, 6) is -0.465. The van der Waals surface area contributed by atoms with E-state index in [0.29, 0.717) is 44.0 Å². The van der Waals surface area contributed by atoms with Crippen LogP contribution >= 0.6 is 0 Å². The van der Waals surface area contributed by atoms with Gasteiger partial charge in [0, 0.05) is 55.0 Å². The van der Waals surface area contributed by atoms with Crippen LogP contribution < -0.4 is 4.90 Å². The second-order valence-corrected chi connectivity index (χ2v) is 7.81. The summed E-state index contributed by atoms with van der Waals surface area (Å²) in [6.45, 7) is 4.05. The number of aromatic nitrogens is 2. The Bertz CT molecular complexity index is 1080. The number of aromatic amines is 1. The highest BCUT2D eigenvalue weighted by Crippen LogP contribution is 2.32. The van der Waals surface area contributed by atoms with Crippen molar-refractivity contribution in [2.75, 3.05) is 31.1 Å². The fraction of sp³-hybridized carbons (Fsp3) is 0.364. The zero-order valence-electron chi connectivity index (χ0n) is 17.0. The molecule has 0 bridgehead atoms. The van der Waals surface area contributed by atoms with Gasteiger partial charge in [-0.15, -0.1) is 0 Å². The van der Waals surface area contributed by atoms with Gasteiger partial charge in [-0.25, -0.2) is 4.98 Å². The van der Waals surface area contributed by atoms with Crippen LogP contribution in [0, 0.1) is 6.92 Å². The number of benzene rings is 1. The maximum atomic E-state index is 12.8. The van der Waals surface area contributed by atoms with Crippen molar-refractivity contribution in [3.8, 4) is 0 Å². The summed E-state index contributed by atoms with van der Waals surface area (Å²) >= 11 is 0. The van der Waals surface area contributed by atoms with Crippen molar-refractivity contribution in [2.45, 2.75) is 25.6 Å². The van der Waals surface area contributed by atoms with Crippen LogP contribution in [0.15, 0.2) is 42.7 Å². The molecule has 164 valence electrons. The van der Waals surface area contributed by atoms with E-state index in [0.717, 1.165) is 28.7 Å². The second-order valence-electron chi connectivity index (χ2n) is 7.81. The molecule has 1 fully saturated rings. The van der Waals surface area contributed by atoms with Crippen molar-refractivity contribution in [3.63, 3.8) is 0 Å². The standard InChI is InChI=1S/C22H23F3N4O2/c1-14-3-5-18-16(11-14)17(13-26-18)20(21(30)31)29-8-2-7-28(9-10-29)19-6-4-15(12-27-19)22(23,24)25/h3-6,11-13,20,26H,2,7-10H2,1H3,(H,30,31)/t20-/m1/s1. The summed E-state index contributed by atoms with van der Waals surface area (Å²) < 4.78 is 38.4. The molecule has 1 saturated heterocycles. The van der Waals surface area contributed by atoms with E-state index in [1.54, 1.807) is 6.20 Å². The lowest BCUT2D eigenvalue weighted by Crippen LogP contribution is -2.37. The number of H-pyrrole nitrogens is 1. The van der Waals surface area contributed by atoms with E-state index >= 15 is 0 Å². The second kappa shape index (κ2) is 8.22. The summed E-state index contributed by atoms with van der Waals surface area (Å²) in [6.07, 6.45) is -1.16. The average molecular weight is 432 g/mol. The minimum atomic E-state index is -4.42. The number of hydrogen-bond acceptors (Lipinski definition) is 4. The highest BCUT2D eigenvalue weighted by molar-refractivity contribution is 5.89. The van der Waals surface area contributed by atoms with E-state index in [4.69, 9.17) is 0 Å². The number of aliphatic carboxylic acids is 1. The van der Waals surface area contributed by atoms with E-state index < -0.39 is 23.8 Å². The number of nitrogens with one attached hydrogen (secondary N) is 1. The van der Waals surface area contributed by atoms with Gasteiger partial charge in [0.15, 0.2) is 0 Å². The number of fused-ring (bicyclic) bond motifs is 1. The number of carbonyl (C=O) groups is 1. The first kappa shape index (κ1) is 21.2. The van der Waals surface area contributed by atoms with E-state index in [1.165, 1.54) is 6.07 Å². The molecule has 1 atom stereocenters. The number of pyridine rings is 1. The lowest BCUT2D eigenvalue weighted by molar-refractivity contribution is -0.143. The molecule has 1 aliphatic heterocycles. The summed E-state index contributed by atoms with van der Waals surface area (Å²) in [7, 11) is 0. The average Bonchev–Trinajstić information content (AvgIpc) is 2.96. The van der Waals surface area contributed by atoms with Crippen molar-refractivity contribution in [1.82, 2.24) is 14.9 Å². The van der Waals surface area contributed by atoms with Gasteiger partial charge in [0.1, 0.15) is 11.9 Å². The lowest BCUT2D eigenvalue weighted by atomic mass is 10.0. The molecule has 4 rings (SSSR count). The zero-order valence-corrected chi connectivity index (χ0v) is 17.0. The highest BCUT2D eigenvalue weighted by Gasteiger charge is 2.33. The van der Waals surface area contributed by atoms with E-state index in [2.05, 4.69) is 9.97 Å². The van der Waals surface area contributed by atoms with Gasteiger partial charge in [-0.3, -0.25) is 9.69 Å². The molecule has 9 heteroatoms. The van der Waals surface area contributed by atoms with Crippen LogP contribution in [0.25, 0.3) is 10.9 Å². The predicted molar refractivity (Wildman–Crippen MR) is 111 cm³/mol. The number of alkyl halides is 3. The van der Waals surface area contributed by atoms with Crippen LogP contribution in [0.3, 0.4) is 0 Å². The van der Waals surface area contributed by atoms with Gasteiger partial charge in [0.2, 0.25) is 0 Å². The molecule has 0 saturated carbocycles. The number of aryl methyl sites for hydroxylation is 1. The Morgan fingerprint density at radius 1 is 1.16 bits per heavy atom. The number of carboxylic acid groups (broad SMARTS) is 1. The third kappa shape index (κ3) is 4.36. The number of halogens is 3. The van der Waals surface area contributed by atoms with Crippen LogP contribution in [0.1, 0.15) is 29.2 Å². The van der Waals surface area contributed by atoms with Crippen LogP contribution in [0.5, 0.6) is 0 Å². The topological polar surface area (TPSA) is 72.5 Å². The predicted octanol–water partition coefficient (Wildman–Crippen LogP) is 4.23. The molecule has 0 unspecified atom stereocenters. The first-order chi connectivity index (χ1) is 14.7. The van der Waals surface area contributed by atoms with Gasteiger partial charge in [-0.2, -0.15) is 13.2 Å². The minimum absolute atomic E-state index is 0.457. The number of nitrogens with zero attached hydrogens (tertiary/aromatic N) is 3. The Morgan fingerprint density at radius 3 is 2.65 bits per heavy atom. The summed E-state index contributed by atoms with van der Waals surface area (Å²) in [4.78, 5) is 23.2. The molecular weight excluding hydrogens is 409 g/mol. The minimum Gasteiger partial charge on any atom is -0.480 e. The molecule has 1 aromatic carbocycles. The van der Waals surface area contributed by atoms with Gasteiger partial charge in [0.25, 0.3) is 0 Å². The lowest BCUT2D eigenvalue weighted by Gasteiger charge is -2.27.